The summed E-state index contributed by atoms with van der Waals surface area (Å²) in [4.78, 5) is 2.25. The lowest BCUT2D eigenvalue weighted by Gasteiger charge is -2.29. The Morgan fingerprint density at radius 1 is 1.50 bits per heavy atom. The van der Waals surface area contributed by atoms with Crippen molar-refractivity contribution in [3.63, 3.8) is 0 Å². The predicted octanol–water partition coefficient (Wildman–Crippen LogP) is 0.00200. The molecule has 0 amide bonds. The van der Waals surface area contributed by atoms with Crippen molar-refractivity contribution in [3.8, 4) is 0 Å². The first-order chi connectivity index (χ1) is 4.86. The summed E-state index contributed by atoms with van der Waals surface area (Å²) in [6, 6.07) is 0.490. The van der Waals surface area contributed by atoms with Gasteiger partial charge in [0.05, 0.1) is 0 Å². The fourth-order valence-corrected chi connectivity index (χ4v) is 1.90. The summed E-state index contributed by atoms with van der Waals surface area (Å²) in [5, 5.41) is 3.27. The predicted molar refractivity (Wildman–Crippen MR) is 37.7 cm³/mol. The van der Waals surface area contributed by atoms with Crippen LogP contribution >= 0.6 is 0 Å². The zero-order valence-corrected chi connectivity index (χ0v) is 6.02. The maximum absolute atomic E-state index is 12.8. The van der Waals surface area contributed by atoms with E-state index in [-0.39, 0.29) is 0 Å². The summed E-state index contributed by atoms with van der Waals surface area (Å²) in [5.41, 5.74) is 0. The van der Waals surface area contributed by atoms with Gasteiger partial charge in [-0.25, -0.2) is 4.39 Å². The molecule has 2 aliphatic heterocycles. The Balaban J connectivity index is 1.97. The highest BCUT2D eigenvalue weighted by molar-refractivity contribution is 4.89. The van der Waals surface area contributed by atoms with Crippen molar-refractivity contribution in [3.05, 3.63) is 0 Å². The standard InChI is InChI=1S/C7H13FN2/c8-6-3-7-4-9-1-2-10(7)5-6/h6-7,9H,1-5H2/t6-,7-/m1/s1. The molecular formula is C7H13FN2. The van der Waals surface area contributed by atoms with Crippen LogP contribution in [0.4, 0.5) is 4.39 Å². The SMILES string of the molecule is F[C@@H]1C[C@@H]2CNCCN2C1. The van der Waals surface area contributed by atoms with Gasteiger partial charge in [-0.05, 0) is 6.42 Å². The van der Waals surface area contributed by atoms with E-state index in [4.69, 9.17) is 0 Å². The number of piperazine rings is 1. The molecule has 3 heteroatoms. The van der Waals surface area contributed by atoms with E-state index >= 15 is 0 Å². The number of nitrogens with one attached hydrogen (secondary N) is 1. The van der Waals surface area contributed by atoms with Crippen LogP contribution in [-0.2, 0) is 0 Å². The Hall–Kier alpha value is -0.150. The van der Waals surface area contributed by atoms with Gasteiger partial charge in [0.25, 0.3) is 0 Å². The summed E-state index contributed by atoms with van der Waals surface area (Å²) >= 11 is 0. The molecule has 2 heterocycles. The van der Waals surface area contributed by atoms with Gasteiger partial charge in [-0.3, -0.25) is 4.90 Å². The fraction of sp³-hybridized carbons (Fsp3) is 1.00. The molecule has 2 saturated heterocycles. The van der Waals surface area contributed by atoms with E-state index in [1.165, 1.54) is 0 Å². The van der Waals surface area contributed by atoms with Gasteiger partial charge < -0.3 is 5.32 Å². The van der Waals surface area contributed by atoms with Gasteiger partial charge in [-0.15, -0.1) is 0 Å². The lowest BCUT2D eigenvalue weighted by molar-refractivity contribution is 0.207. The second kappa shape index (κ2) is 2.47. The molecular weight excluding hydrogens is 131 g/mol. The van der Waals surface area contributed by atoms with Gasteiger partial charge >= 0.3 is 0 Å². The van der Waals surface area contributed by atoms with Crippen LogP contribution in [0, 0.1) is 0 Å². The highest BCUT2D eigenvalue weighted by atomic mass is 19.1. The molecule has 2 fully saturated rings. The Bertz CT molecular complexity index is 115. The van der Waals surface area contributed by atoms with E-state index in [0.717, 1.165) is 26.1 Å². The van der Waals surface area contributed by atoms with Gasteiger partial charge in [0, 0.05) is 32.2 Å². The van der Waals surface area contributed by atoms with Crippen LogP contribution in [0.2, 0.25) is 0 Å². The van der Waals surface area contributed by atoms with E-state index in [1.54, 1.807) is 0 Å². The minimum Gasteiger partial charge on any atom is -0.314 e. The van der Waals surface area contributed by atoms with Crippen LogP contribution in [0.5, 0.6) is 0 Å². The smallest absolute Gasteiger partial charge is 0.114 e. The Labute approximate surface area is 60.4 Å². The van der Waals surface area contributed by atoms with E-state index < -0.39 is 6.17 Å². The van der Waals surface area contributed by atoms with E-state index in [1.807, 2.05) is 0 Å². The number of rotatable bonds is 0. The first-order valence-electron chi connectivity index (χ1n) is 3.95. The molecule has 0 spiro atoms. The van der Waals surface area contributed by atoms with Gasteiger partial charge in [0.15, 0.2) is 0 Å². The number of halogens is 1. The third kappa shape index (κ3) is 1.04. The van der Waals surface area contributed by atoms with Crippen molar-refractivity contribution in [1.29, 1.82) is 0 Å². The third-order valence-electron chi connectivity index (χ3n) is 2.43. The minimum atomic E-state index is -0.565. The zero-order chi connectivity index (χ0) is 6.97. The zero-order valence-electron chi connectivity index (χ0n) is 6.02. The summed E-state index contributed by atoms with van der Waals surface area (Å²) < 4.78 is 12.8. The minimum absolute atomic E-state index is 0.490. The van der Waals surface area contributed by atoms with Crippen LogP contribution in [0.3, 0.4) is 0 Å². The van der Waals surface area contributed by atoms with Crippen molar-refractivity contribution in [2.75, 3.05) is 26.2 Å². The van der Waals surface area contributed by atoms with E-state index in [2.05, 4.69) is 10.2 Å². The Morgan fingerprint density at radius 3 is 3.20 bits per heavy atom. The van der Waals surface area contributed by atoms with E-state index in [9.17, 15) is 4.39 Å². The number of fused-ring (bicyclic) bond motifs is 1. The van der Waals surface area contributed by atoms with Crippen LogP contribution in [0.1, 0.15) is 6.42 Å². The molecule has 2 rings (SSSR count). The van der Waals surface area contributed by atoms with Crippen LogP contribution in [0.25, 0.3) is 0 Å². The van der Waals surface area contributed by atoms with Crippen LogP contribution in [-0.4, -0.2) is 43.3 Å². The van der Waals surface area contributed by atoms with Crippen molar-refractivity contribution < 1.29 is 4.39 Å². The monoisotopic (exact) mass is 144 g/mol. The average molecular weight is 144 g/mol. The molecule has 0 saturated carbocycles. The lowest BCUT2D eigenvalue weighted by Crippen LogP contribution is -2.47. The number of hydrogen-bond acceptors (Lipinski definition) is 2. The topological polar surface area (TPSA) is 15.3 Å². The molecule has 0 aliphatic carbocycles. The molecule has 2 atom stereocenters. The summed E-state index contributed by atoms with van der Waals surface area (Å²) in [7, 11) is 0. The quantitative estimate of drug-likeness (QED) is 0.515. The second-order valence-electron chi connectivity index (χ2n) is 3.19. The van der Waals surface area contributed by atoms with Gasteiger partial charge in [-0.2, -0.15) is 0 Å². The first-order valence-corrected chi connectivity index (χ1v) is 3.95. The molecule has 1 N–H and O–H groups in total. The van der Waals surface area contributed by atoms with Gasteiger partial charge in [-0.1, -0.05) is 0 Å². The molecule has 0 aromatic heterocycles. The van der Waals surface area contributed by atoms with Crippen LogP contribution < -0.4 is 5.32 Å². The first kappa shape index (κ1) is 6.55. The molecule has 2 aliphatic rings. The number of nitrogens with zero attached hydrogens (tertiary/aromatic N) is 1. The maximum atomic E-state index is 12.8. The second-order valence-corrected chi connectivity index (χ2v) is 3.19. The number of alkyl halides is 1. The van der Waals surface area contributed by atoms with Crippen molar-refractivity contribution in [2.45, 2.75) is 18.6 Å². The Kier molecular flexibility index (Phi) is 1.62. The van der Waals surface area contributed by atoms with Crippen LogP contribution in [0.15, 0.2) is 0 Å². The molecule has 0 aromatic carbocycles. The van der Waals surface area contributed by atoms with Gasteiger partial charge in [0.2, 0.25) is 0 Å². The molecule has 10 heavy (non-hydrogen) atoms. The molecule has 2 nitrogen and oxygen atoms in total. The largest absolute Gasteiger partial charge is 0.314 e. The van der Waals surface area contributed by atoms with Crippen molar-refractivity contribution in [2.24, 2.45) is 0 Å². The van der Waals surface area contributed by atoms with Crippen molar-refractivity contribution >= 4 is 0 Å². The van der Waals surface area contributed by atoms with Crippen molar-refractivity contribution in [1.82, 2.24) is 10.2 Å². The molecule has 0 unspecified atom stereocenters. The highest BCUT2D eigenvalue weighted by Gasteiger charge is 2.32. The molecule has 58 valence electrons. The molecule has 0 aromatic rings. The maximum Gasteiger partial charge on any atom is 0.114 e. The summed E-state index contributed by atoms with van der Waals surface area (Å²) in [5.74, 6) is 0. The summed E-state index contributed by atoms with van der Waals surface area (Å²) in [6.45, 7) is 3.72. The summed E-state index contributed by atoms with van der Waals surface area (Å²) in [6.07, 6.45) is 0.178. The third-order valence-corrected chi connectivity index (χ3v) is 2.43. The van der Waals surface area contributed by atoms with Gasteiger partial charge in [0.1, 0.15) is 6.17 Å². The highest BCUT2D eigenvalue weighted by Crippen LogP contribution is 2.20. The fourth-order valence-electron chi connectivity index (χ4n) is 1.90. The Morgan fingerprint density at radius 2 is 2.40 bits per heavy atom. The normalized spacial score (nSPS) is 41.7. The molecule has 0 radical (unpaired) electrons. The number of hydrogen-bond donors (Lipinski definition) is 1. The van der Waals surface area contributed by atoms with E-state index in [0.29, 0.717) is 12.6 Å². The average Bonchev–Trinajstić information content (AvgIpc) is 2.27. The molecule has 0 bridgehead atoms. The lowest BCUT2D eigenvalue weighted by atomic mass is 10.2.